The predicted octanol–water partition coefficient (Wildman–Crippen LogP) is 2.62. The quantitative estimate of drug-likeness (QED) is 0.593. The summed E-state index contributed by atoms with van der Waals surface area (Å²) in [5.41, 5.74) is 0. The number of methoxy groups -OCH3 is 1. The van der Waals surface area contributed by atoms with Crippen LogP contribution in [0, 0.1) is 0 Å². The van der Waals surface area contributed by atoms with Gasteiger partial charge in [-0.05, 0) is 31.2 Å². The molecule has 0 spiro atoms. The van der Waals surface area contributed by atoms with Gasteiger partial charge in [0.15, 0.2) is 0 Å². The van der Waals surface area contributed by atoms with Crippen LogP contribution in [0.3, 0.4) is 0 Å². The van der Waals surface area contributed by atoms with Crippen molar-refractivity contribution < 1.29 is 14.3 Å². The van der Waals surface area contributed by atoms with E-state index in [1.807, 2.05) is 24.4 Å². The molecule has 0 fully saturated rings. The van der Waals surface area contributed by atoms with Crippen molar-refractivity contribution in [2.24, 2.45) is 0 Å². The van der Waals surface area contributed by atoms with Crippen LogP contribution < -0.4 is 5.32 Å². The van der Waals surface area contributed by atoms with Crippen LogP contribution in [0.15, 0.2) is 17.5 Å². The first-order valence-corrected chi connectivity index (χ1v) is 7.67. The van der Waals surface area contributed by atoms with Crippen LogP contribution in [-0.2, 0) is 16.1 Å². The number of esters is 1. The second-order valence-corrected chi connectivity index (χ2v) is 5.39. The Hall–Kier alpha value is -1.56. The molecule has 0 bridgehead atoms. The van der Waals surface area contributed by atoms with Gasteiger partial charge in [0.2, 0.25) is 0 Å². The Morgan fingerprint density at radius 2 is 2.20 bits per heavy atom. The lowest BCUT2D eigenvalue weighted by molar-refractivity contribution is -0.140. The van der Waals surface area contributed by atoms with Gasteiger partial charge in [0, 0.05) is 24.4 Å². The number of amides is 2. The first kappa shape index (κ1) is 16.5. The van der Waals surface area contributed by atoms with Crippen LogP contribution in [0.4, 0.5) is 4.79 Å². The summed E-state index contributed by atoms with van der Waals surface area (Å²) in [6.45, 7) is 3.86. The van der Waals surface area contributed by atoms with Crippen molar-refractivity contribution in [3.05, 3.63) is 22.4 Å². The van der Waals surface area contributed by atoms with Gasteiger partial charge >= 0.3 is 12.0 Å². The molecule has 20 heavy (non-hydrogen) atoms. The number of hydrogen-bond acceptors (Lipinski definition) is 4. The zero-order valence-corrected chi connectivity index (χ0v) is 12.9. The summed E-state index contributed by atoms with van der Waals surface area (Å²) in [7, 11) is 1.38. The molecule has 0 aliphatic carbocycles. The second kappa shape index (κ2) is 9.36. The molecule has 1 N–H and O–H groups in total. The van der Waals surface area contributed by atoms with E-state index in [1.165, 1.54) is 12.0 Å². The fourth-order valence-corrected chi connectivity index (χ4v) is 2.44. The molecular formula is C14H22N2O3S. The van der Waals surface area contributed by atoms with E-state index in [0.717, 1.165) is 12.8 Å². The summed E-state index contributed by atoms with van der Waals surface area (Å²) < 4.78 is 4.56. The molecule has 1 aromatic heterocycles. The largest absolute Gasteiger partial charge is 0.469 e. The summed E-state index contributed by atoms with van der Waals surface area (Å²) in [6.07, 6.45) is 1.90. The highest BCUT2D eigenvalue weighted by Gasteiger charge is 2.11. The molecule has 0 atom stereocenters. The van der Waals surface area contributed by atoms with Crippen molar-refractivity contribution in [2.75, 3.05) is 20.2 Å². The number of urea groups is 1. The first-order chi connectivity index (χ1) is 9.67. The Morgan fingerprint density at radius 1 is 1.40 bits per heavy atom. The van der Waals surface area contributed by atoms with Crippen LogP contribution in [0.25, 0.3) is 0 Å². The average Bonchev–Trinajstić information content (AvgIpc) is 2.96. The number of thiophene rings is 1. The fraction of sp³-hybridized carbons (Fsp3) is 0.571. The minimum absolute atomic E-state index is 0.0565. The third-order valence-corrected chi connectivity index (χ3v) is 3.77. The maximum absolute atomic E-state index is 12.0. The molecule has 0 aliphatic heterocycles. The molecule has 0 aromatic carbocycles. The number of nitrogens with one attached hydrogen (secondary N) is 1. The smallest absolute Gasteiger partial charge is 0.317 e. The first-order valence-electron chi connectivity index (χ1n) is 6.79. The minimum Gasteiger partial charge on any atom is -0.469 e. The summed E-state index contributed by atoms with van der Waals surface area (Å²) in [6, 6.07) is 3.95. The van der Waals surface area contributed by atoms with E-state index >= 15 is 0 Å². The van der Waals surface area contributed by atoms with Gasteiger partial charge in [0.25, 0.3) is 0 Å². The molecule has 0 unspecified atom stereocenters. The van der Waals surface area contributed by atoms with Gasteiger partial charge in [0.1, 0.15) is 0 Å². The number of hydrogen-bond donors (Lipinski definition) is 1. The molecule has 1 rings (SSSR count). The van der Waals surface area contributed by atoms with Crippen molar-refractivity contribution in [3.8, 4) is 0 Å². The highest BCUT2D eigenvalue weighted by molar-refractivity contribution is 7.09. The van der Waals surface area contributed by atoms with Crippen molar-refractivity contribution in [3.63, 3.8) is 0 Å². The van der Waals surface area contributed by atoms with E-state index in [-0.39, 0.29) is 12.0 Å². The SMILES string of the molecule is CCN(Cc1cccs1)C(=O)NCCCCC(=O)OC. The zero-order valence-electron chi connectivity index (χ0n) is 12.1. The highest BCUT2D eigenvalue weighted by atomic mass is 32.1. The van der Waals surface area contributed by atoms with Crippen molar-refractivity contribution >= 4 is 23.3 Å². The number of carbonyl (C=O) groups excluding carboxylic acids is 2. The number of rotatable bonds is 8. The number of nitrogens with zero attached hydrogens (tertiary/aromatic N) is 1. The Kier molecular flexibility index (Phi) is 7.72. The zero-order chi connectivity index (χ0) is 14.8. The molecule has 0 saturated heterocycles. The lowest BCUT2D eigenvalue weighted by Gasteiger charge is -2.20. The normalized spacial score (nSPS) is 10.1. The predicted molar refractivity (Wildman–Crippen MR) is 79.7 cm³/mol. The topological polar surface area (TPSA) is 58.6 Å². The Balaban J connectivity index is 2.21. The maximum atomic E-state index is 12.0. The van der Waals surface area contributed by atoms with Crippen LogP contribution in [0.5, 0.6) is 0 Å². The number of carbonyl (C=O) groups is 2. The summed E-state index contributed by atoms with van der Waals surface area (Å²) in [4.78, 5) is 25.8. The fourth-order valence-electron chi connectivity index (χ4n) is 1.72. The Labute approximate surface area is 123 Å². The van der Waals surface area contributed by atoms with E-state index in [9.17, 15) is 9.59 Å². The summed E-state index contributed by atoms with van der Waals surface area (Å²) in [5.74, 6) is -0.204. The number of unbranched alkanes of at least 4 members (excludes halogenated alkanes) is 1. The summed E-state index contributed by atoms with van der Waals surface area (Å²) in [5, 5.41) is 4.89. The summed E-state index contributed by atoms with van der Waals surface area (Å²) >= 11 is 1.65. The Bertz CT molecular complexity index is 407. The molecule has 0 saturated carbocycles. The van der Waals surface area contributed by atoms with Crippen LogP contribution in [-0.4, -0.2) is 37.1 Å². The molecule has 112 valence electrons. The Morgan fingerprint density at radius 3 is 2.80 bits per heavy atom. The van der Waals surface area contributed by atoms with Crippen LogP contribution in [0.2, 0.25) is 0 Å². The molecule has 1 heterocycles. The molecule has 6 heteroatoms. The van der Waals surface area contributed by atoms with Crippen LogP contribution >= 0.6 is 11.3 Å². The van der Waals surface area contributed by atoms with Gasteiger partial charge in [-0.15, -0.1) is 11.3 Å². The van der Waals surface area contributed by atoms with Gasteiger partial charge in [-0.2, -0.15) is 0 Å². The molecule has 1 aromatic rings. The molecule has 2 amide bonds. The monoisotopic (exact) mass is 298 g/mol. The molecule has 0 radical (unpaired) electrons. The van der Waals surface area contributed by atoms with Gasteiger partial charge < -0.3 is 15.0 Å². The van der Waals surface area contributed by atoms with Crippen molar-refractivity contribution in [1.29, 1.82) is 0 Å². The van der Waals surface area contributed by atoms with E-state index in [0.29, 0.717) is 26.1 Å². The molecule has 5 nitrogen and oxygen atoms in total. The third kappa shape index (κ3) is 6.06. The minimum atomic E-state index is -0.204. The van der Waals surface area contributed by atoms with E-state index in [4.69, 9.17) is 0 Å². The van der Waals surface area contributed by atoms with Gasteiger partial charge in [-0.1, -0.05) is 6.07 Å². The van der Waals surface area contributed by atoms with Crippen molar-refractivity contribution in [1.82, 2.24) is 10.2 Å². The van der Waals surface area contributed by atoms with Crippen molar-refractivity contribution in [2.45, 2.75) is 32.7 Å². The average molecular weight is 298 g/mol. The molecular weight excluding hydrogens is 276 g/mol. The maximum Gasteiger partial charge on any atom is 0.317 e. The van der Waals surface area contributed by atoms with Gasteiger partial charge in [-0.3, -0.25) is 4.79 Å². The van der Waals surface area contributed by atoms with Gasteiger partial charge in [-0.25, -0.2) is 4.79 Å². The lowest BCUT2D eigenvalue weighted by atomic mass is 10.2. The number of ether oxygens (including phenoxy) is 1. The van der Waals surface area contributed by atoms with E-state index < -0.39 is 0 Å². The standard InChI is InChI=1S/C14H22N2O3S/c1-3-16(11-12-7-6-10-20-12)14(18)15-9-5-4-8-13(17)19-2/h6-7,10H,3-5,8-9,11H2,1-2H3,(H,15,18). The third-order valence-electron chi connectivity index (χ3n) is 2.91. The lowest BCUT2D eigenvalue weighted by Crippen LogP contribution is -2.39. The van der Waals surface area contributed by atoms with E-state index in [2.05, 4.69) is 10.1 Å². The second-order valence-electron chi connectivity index (χ2n) is 4.36. The van der Waals surface area contributed by atoms with Crippen LogP contribution in [0.1, 0.15) is 31.1 Å². The highest BCUT2D eigenvalue weighted by Crippen LogP contribution is 2.11. The molecule has 0 aliphatic rings. The van der Waals surface area contributed by atoms with E-state index in [1.54, 1.807) is 16.2 Å². The van der Waals surface area contributed by atoms with Gasteiger partial charge in [0.05, 0.1) is 13.7 Å².